The number of carbonyl (C=O) groups is 1. The van der Waals surface area contributed by atoms with Crippen LogP contribution in [0.15, 0.2) is 18.2 Å². The first kappa shape index (κ1) is 13.5. The van der Waals surface area contributed by atoms with E-state index in [1.54, 1.807) is 0 Å². The second-order valence-corrected chi connectivity index (χ2v) is 6.62. The zero-order valence-corrected chi connectivity index (χ0v) is 12.4. The van der Waals surface area contributed by atoms with Crippen LogP contribution in [0, 0.1) is 30.6 Å². The van der Waals surface area contributed by atoms with Crippen molar-refractivity contribution in [1.29, 1.82) is 0 Å². The maximum absolute atomic E-state index is 12.5. The van der Waals surface area contributed by atoms with Crippen molar-refractivity contribution in [2.75, 3.05) is 11.1 Å². The van der Waals surface area contributed by atoms with Gasteiger partial charge >= 0.3 is 0 Å². The van der Waals surface area contributed by atoms with Crippen LogP contribution in [0.1, 0.15) is 38.2 Å². The molecule has 0 saturated heterocycles. The molecule has 2 aliphatic rings. The van der Waals surface area contributed by atoms with Crippen LogP contribution in [0.2, 0.25) is 0 Å². The standard InChI is InChI=1S/C17H24N2O/c1-10-3-8-15(14(18)9-10)19-17(20)11(2)16(12-4-5-12)13-6-7-13/h3,8-9,11-13,16H,4-7,18H2,1-2H3,(H,19,20). The summed E-state index contributed by atoms with van der Waals surface area (Å²) < 4.78 is 0. The predicted molar refractivity (Wildman–Crippen MR) is 82.3 cm³/mol. The van der Waals surface area contributed by atoms with Gasteiger partial charge in [-0.2, -0.15) is 0 Å². The summed E-state index contributed by atoms with van der Waals surface area (Å²) in [7, 11) is 0. The van der Waals surface area contributed by atoms with Crippen molar-refractivity contribution in [2.45, 2.75) is 39.5 Å². The molecule has 108 valence electrons. The summed E-state index contributed by atoms with van der Waals surface area (Å²) in [6.07, 6.45) is 5.24. The van der Waals surface area contributed by atoms with Gasteiger partial charge in [0, 0.05) is 5.92 Å². The van der Waals surface area contributed by atoms with E-state index >= 15 is 0 Å². The highest BCUT2D eigenvalue weighted by Crippen LogP contribution is 2.52. The van der Waals surface area contributed by atoms with E-state index in [9.17, 15) is 4.79 Å². The van der Waals surface area contributed by atoms with E-state index in [1.165, 1.54) is 25.7 Å². The normalized spacial score (nSPS) is 19.9. The van der Waals surface area contributed by atoms with Gasteiger partial charge in [0.05, 0.1) is 11.4 Å². The van der Waals surface area contributed by atoms with Crippen molar-refractivity contribution >= 4 is 17.3 Å². The van der Waals surface area contributed by atoms with E-state index in [0.29, 0.717) is 11.6 Å². The van der Waals surface area contributed by atoms with E-state index in [0.717, 1.165) is 23.1 Å². The molecule has 3 N–H and O–H groups in total. The van der Waals surface area contributed by atoms with Crippen LogP contribution in [0.5, 0.6) is 0 Å². The average Bonchev–Trinajstić information content (AvgIpc) is 3.25. The van der Waals surface area contributed by atoms with Gasteiger partial charge in [-0.1, -0.05) is 13.0 Å². The van der Waals surface area contributed by atoms with E-state index < -0.39 is 0 Å². The number of hydrogen-bond acceptors (Lipinski definition) is 2. The Labute approximate surface area is 120 Å². The van der Waals surface area contributed by atoms with Crippen molar-refractivity contribution in [2.24, 2.45) is 23.7 Å². The molecule has 0 aromatic heterocycles. The summed E-state index contributed by atoms with van der Waals surface area (Å²) in [5.74, 6) is 2.39. The number of amides is 1. The minimum Gasteiger partial charge on any atom is -0.397 e. The summed E-state index contributed by atoms with van der Waals surface area (Å²) in [5.41, 5.74) is 8.49. The fraction of sp³-hybridized carbons (Fsp3) is 0.588. The lowest BCUT2D eigenvalue weighted by Gasteiger charge is -2.23. The summed E-state index contributed by atoms with van der Waals surface area (Å²) in [4.78, 5) is 12.5. The van der Waals surface area contributed by atoms with Crippen molar-refractivity contribution in [3.63, 3.8) is 0 Å². The molecule has 20 heavy (non-hydrogen) atoms. The molecule has 1 aromatic carbocycles. The fourth-order valence-corrected chi connectivity index (χ4v) is 3.38. The average molecular weight is 272 g/mol. The predicted octanol–water partition coefficient (Wildman–Crippen LogP) is 3.59. The number of hydrogen-bond donors (Lipinski definition) is 2. The quantitative estimate of drug-likeness (QED) is 0.805. The Bertz CT molecular complexity index is 506. The van der Waals surface area contributed by atoms with Gasteiger partial charge in [-0.3, -0.25) is 4.79 Å². The number of aryl methyl sites for hydroxylation is 1. The van der Waals surface area contributed by atoms with Gasteiger partial charge in [-0.25, -0.2) is 0 Å². The Kier molecular flexibility index (Phi) is 3.45. The van der Waals surface area contributed by atoms with Gasteiger partial charge < -0.3 is 11.1 Å². The molecule has 1 aromatic rings. The Balaban J connectivity index is 1.68. The Morgan fingerprint density at radius 3 is 2.35 bits per heavy atom. The molecule has 1 amide bonds. The first-order valence-corrected chi connectivity index (χ1v) is 7.73. The molecule has 1 atom stereocenters. The summed E-state index contributed by atoms with van der Waals surface area (Å²) >= 11 is 0. The lowest BCUT2D eigenvalue weighted by atomic mass is 9.84. The third-order valence-electron chi connectivity index (χ3n) is 4.79. The fourth-order valence-electron chi connectivity index (χ4n) is 3.38. The van der Waals surface area contributed by atoms with Crippen LogP contribution in [0.25, 0.3) is 0 Å². The molecule has 2 aliphatic carbocycles. The number of carbonyl (C=O) groups excluding carboxylic acids is 1. The van der Waals surface area contributed by atoms with E-state index in [1.807, 2.05) is 25.1 Å². The van der Waals surface area contributed by atoms with E-state index in [2.05, 4.69) is 12.2 Å². The number of rotatable bonds is 5. The van der Waals surface area contributed by atoms with Crippen molar-refractivity contribution in [1.82, 2.24) is 0 Å². The molecule has 0 heterocycles. The zero-order valence-electron chi connectivity index (χ0n) is 12.4. The van der Waals surface area contributed by atoms with Crippen LogP contribution < -0.4 is 11.1 Å². The van der Waals surface area contributed by atoms with Crippen molar-refractivity contribution in [3.05, 3.63) is 23.8 Å². The first-order chi connectivity index (χ1) is 9.56. The Hall–Kier alpha value is -1.51. The molecule has 3 nitrogen and oxygen atoms in total. The minimum atomic E-state index is 0.0932. The molecule has 3 rings (SSSR count). The van der Waals surface area contributed by atoms with Crippen molar-refractivity contribution in [3.8, 4) is 0 Å². The van der Waals surface area contributed by atoms with Gasteiger partial charge in [0.15, 0.2) is 0 Å². The Morgan fingerprint density at radius 1 is 1.25 bits per heavy atom. The lowest BCUT2D eigenvalue weighted by molar-refractivity contribution is -0.121. The molecule has 0 spiro atoms. The van der Waals surface area contributed by atoms with Gasteiger partial charge in [-0.15, -0.1) is 0 Å². The molecule has 0 aliphatic heterocycles. The largest absolute Gasteiger partial charge is 0.397 e. The Morgan fingerprint density at radius 2 is 1.85 bits per heavy atom. The summed E-state index contributed by atoms with van der Waals surface area (Å²) in [6.45, 7) is 4.09. The molecule has 0 radical (unpaired) electrons. The lowest BCUT2D eigenvalue weighted by Crippen LogP contribution is -2.29. The van der Waals surface area contributed by atoms with Gasteiger partial charge in [0.2, 0.25) is 5.91 Å². The van der Waals surface area contributed by atoms with Gasteiger partial charge in [0.1, 0.15) is 0 Å². The van der Waals surface area contributed by atoms with Crippen LogP contribution in [0.3, 0.4) is 0 Å². The number of nitrogen functional groups attached to an aromatic ring is 1. The maximum atomic E-state index is 12.5. The van der Waals surface area contributed by atoms with Crippen LogP contribution in [-0.4, -0.2) is 5.91 Å². The minimum absolute atomic E-state index is 0.0932. The first-order valence-electron chi connectivity index (χ1n) is 7.73. The third kappa shape index (κ3) is 2.82. The molecular formula is C17H24N2O. The summed E-state index contributed by atoms with van der Waals surface area (Å²) in [6, 6.07) is 5.79. The zero-order chi connectivity index (χ0) is 14.3. The molecule has 0 bridgehead atoms. The molecule has 1 unspecified atom stereocenters. The molecular weight excluding hydrogens is 248 g/mol. The highest BCUT2D eigenvalue weighted by Gasteiger charge is 2.45. The molecule has 2 saturated carbocycles. The van der Waals surface area contributed by atoms with Gasteiger partial charge in [0.25, 0.3) is 0 Å². The topological polar surface area (TPSA) is 55.1 Å². The highest BCUT2D eigenvalue weighted by molar-refractivity contribution is 5.95. The highest BCUT2D eigenvalue weighted by atomic mass is 16.1. The number of nitrogens with two attached hydrogens (primary N) is 1. The van der Waals surface area contributed by atoms with Crippen LogP contribution >= 0.6 is 0 Å². The maximum Gasteiger partial charge on any atom is 0.227 e. The smallest absolute Gasteiger partial charge is 0.227 e. The van der Waals surface area contributed by atoms with Crippen LogP contribution in [0.4, 0.5) is 11.4 Å². The van der Waals surface area contributed by atoms with E-state index in [-0.39, 0.29) is 11.8 Å². The second-order valence-electron chi connectivity index (χ2n) is 6.62. The second kappa shape index (κ2) is 5.12. The van der Waals surface area contributed by atoms with Gasteiger partial charge in [-0.05, 0) is 68.1 Å². The SMILES string of the molecule is Cc1ccc(NC(=O)C(C)C(C2CC2)C2CC2)c(N)c1. The van der Waals surface area contributed by atoms with Crippen LogP contribution in [-0.2, 0) is 4.79 Å². The van der Waals surface area contributed by atoms with Crippen molar-refractivity contribution < 1.29 is 4.79 Å². The number of anilines is 2. The number of benzene rings is 1. The third-order valence-corrected chi connectivity index (χ3v) is 4.79. The van der Waals surface area contributed by atoms with E-state index in [4.69, 9.17) is 5.73 Å². The molecule has 2 fully saturated rings. The monoisotopic (exact) mass is 272 g/mol. The molecule has 3 heteroatoms. The number of nitrogens with one attached hydrogen (secondary N) is 1. The summed E-state index contributed by atoms with van der Waals surface area (Å²) in [5, 5.41) is 3.02.